The number of esters is 1. The summed E-state index contributed by atoms with van der Waals surface area (Å²) in [5, 5.41) is 8.84. The van der Waals surface area contributed by atoms with Crippen LogP contribution in [0.4, 0.5) is 0 Å². The maximum absolute atomic E-state index is 13.1. The summed E-state index contributed by atoms with van der Waals surface area (Å²) in [7, 11) is 0. The van der Waals surface area contributed by atoms with Crippen LogP contribution in [0.15, 0.2) is 24.5 Å². The number of pyridine rings is 1. The number of ether oxygens (including phenoxy) is 2. The Labute approximate surface area is 194 Å². The van der Waals surface area contributed by atoms with Crippen molar-refractivity contribution in [3.63, 3.8) is 0 Å². The van der Waals surface area contributed by atoms with Gasteiger partial charge in [0.25, 0.3) is 5.91 Å². The Morgan fingerprint density at radius 1 is 1.27 bits per heavy atom. The van der Waals surface area contributed by atoms with Crippen LogP contribution in [0.25, 0.3) is 0 Å². The van der Waals surface area contributed by atoms with Gasteiger partial charge in [-0.25, -0.2) is 9.59 Å². The molecule has 182 valence electrons. The fourth-order valence-corrected chi connectivity index (χ4v) is 3.57. The molecule has 1 aliphatic heterocycles. The molecule has 0 radical (unpaired) electrons. The molecule has 0 aromatic carbocycles. The highest BCUT2D eigenvalue weighted by Crippen LogP contribution is 2.26. The monoisotopic (exact) mass is 462 g/mol. The van der Waals surface area contributed by atoms with Crippen molar-refractivity contribution in [1.82, 2.24) is 9.88 Å². The molecule has 9 heteroatoms. The Balaban J connectivity index is 2.08. The lowest BCUT2D eigenvalue weighted by Gasteiger charge is -2.36. The van der Waals surface area contributed by atoms with Crippen molar-refractivity contribution in [3.8, 4) is 0 Å². The summed E-state index contributed by atoms with van der Waals surface area (Å²) in [4.78, 5) is 54.9. The summed E-state index contributed by atoms with van der Waals surface area (Å²) in [6.45, 7) is 5.02. The first kappa shape index (κ1) is 26.4. The number of hydrogen-bond donors (Lipinski definition) is 1. The molecule has 1 fully saturated rings. The average Bonchev–Trinajstić information content (AvgIpc) is 2.81. The molecule has 2 heterocycles. The second-order valence-corrected chi connectivity index (χ2v) is 8.94. The van der Waals surface area contributed by atoms with Gasteiger partial charge in [-0.2, -0.15) is 0 Å². The number of ketones is 1. The highest BCUT2D eigenvalue weighted by Gasteiger charge is 2.41. The summed E-state index contributed by atoms with van der Waals surface area (Å²) in [5.41, 5.74) is 0.138. The van der Waals surface area contributed by atoms with E-state index in [4.69, 9.17) is 14.6 Å². The van der Waals surface area contributed by atoms with Crippen LogP contribution in [0.5, 0.6) is 0 Å². The van der Waals surface area contributed by atoms with E-state index in [-0.39, 0.29) is 6.61 Å². The van der Waals surface area contributed by atoms with Crippen LogP contribution in [-0.2, 0) is 35.1 Å². The first-order chi connectivity index (χ1) is 15.7. The first-order valence-corrected chi connectivity index (χ1v) is 11.4. The van der Waals surface area contributed by atoms with E-state index in [1.807, 2.05) is 13.0 Å². The average molecular weight is 463 g/mol. The molecule has 1 saturated heterocycles. The number of Topliss-reactive ketones (excluding diaryl/α,β-unsaturated/α-hetero) is 1. The Bertz CT molecular complexity index is 825. The van der Waals surface area contributed by atoms with Crippen molar-refractivity contribution in [3.05, 3.63) is 30.1 Å². The lowest BCUT2D eigenvalue weighted by atomic mass is 9.84. The van der Waals surface area contributed by atoms with Gasteiger partial charge in [0.1, 0.15) is 18.8 Å². The van der Waals surface area contributed by atoms with E-state index in [9.17, 15) is 19.2 Å². The van der Waals surface area contributed by atoms with Gasteiger partial charge in [0, 0.05) is 24.4 Å². The predicted molar refractivity (Wildman–Crippen MR) is 119 cm³/mol. The van der Waals surface area contributed by atoms with Gasteiger partial charge >= 0.3 is 11.9 Å². The minimum absolute atomic E-state index is 0.0826. The number of likely N-dealkylation sites (tertiary alicyclic amines) is 1. The summed E-state index contributed by atoms with van der Waals surface area (Å²) < 4.78 is 10.9. The minimum atomic E-state index is -1.12. The second-order valence-electron chi connectivity index (χ2n) is 8.94. The third-order valence-electron chi connectivity index (χ3n) is 6.02. The number of hydrogen-bond acceptors (Lipinski definition) is 7. The fraction of sp³-hybridized carbons (Fsp3) is 0.625. The lowest BCUT2D eigenvalue weighted by molar-refractivity contribution is -0.166. The largest absolute Gasteiger partial charge is 0.480 e. The number of carboxylic acid groups (broad SMARTS) is 1. The molecule has 1 amide bonds. The zero-order valence-electron chi connectivity index (χ0n) is 19.6. The highest BCUT2D eigenvalue weighted by molar-refractivity contribution is 6.38. The molecular formula is C24H34N2O7. The third kappa shape index (κ3) is 7.92. The van der Waals surface area contributed by atoms with E-state index in [0.29, 0.717) is 38.6 Å². The molecule has 2 rings (SSSR count). The molecule has 0 aliphatic carbocycles. The zero-order chi connectivity index (χ0) is 24.4. The quantitative estimate of drug-likeness (QED) is 0.371. The summed E-state index contributed by atoms with van der Waals surface area (Å²) in [5.74, 6) is -2.88. The van der Waals surface area contributed by atoms with Gasteiger partial charge in [0.2, 0.25) is 5.78 Å². The van der Waals surface area contributed by atoms with E-state index in [0.717, 1.165) is 12.0 Å². The highest BCUT2D eigenvalue weighted by atomic mass is 16.6. The van der Waals surface area contributed by atoms with Crippen LogP contribution < -0.4 is 0 Å². The first-order valence-electron chi connectivity index (χ1n) is 11.4. The standard InChI is InChI=1S/C24H34N2O7/c1-4-24(2,3)21(29)22(30)26-13-6-5-9-19(26)23(31)33-18(15-32-16-20(27)28)11-10-17-8-7-12-25-14-17/h7-8,12,14,18-19H,4-6,9-11,13,15-16H2,1-3H3,(H,27,28)/t18-,19?/m1/s1. The third-order valence-corrected chi connectivity index (χ3v) is 6.02. The van der Waals surface area contributed by atoms with Gasteiger partial charge in [0.15, 0.2) is 0 Å². The molecule has 0 spiro atoms. The van der Waals surface area contributed by atoms with Crippen LogP contribution in [0.2, 0.25) is 0 Å². The number of carbonyl (C=O) groups excluding carboxylic acids is 3. The van der Waals surface area contributed by atoms with Crippen molar-refractivity contribution in [2.45, 2.75) is 71.4 Å². The van der Waals surface area contributed by atoms with Crippen molar-refractivity contribution in [1.29, 1.82) is 0 Å². The van der Waals surface area contributed by atoms with Crippen molar-refractivity contribution < 1.29 is 33.8 Å². The molecular weight excluding hydrogens is 428 g/mol. The molecule has 1 aromatic rings. The second kappa shape index (κ2) is 12.4. The zero-order valence-corrected chi connectivity index (χ0v) is 19.6. The molecule has 9 nitrogen and oxygen atoms in total. The van der Waals surface area contributed by atoms with E-state index in [1.54, 1.807) is 32.3 Å². The van der Waals surface area contributed by atoms with Crippen LogP contribution in [-0.4, -0.2) is 70.5 Å². The number of nitrogens with zero attached hydrogens (tertiary/aromatic N) is 2. The van der Waals surface area contributed by atoms with Crippen LogP contribution in [0, 0.1) is 5.41 Å². The van der Waals surface area contributed by atoms with Crippen LogP contribution in [0.3, 0.4) is 0 Å². The number of amides is 1. The molecule has 1 N–H and O–H groups in total. The molecule has 1 aliphatic rings. The van der Waals surface area contributed by atoms with Crippen molar-refractivity contribution in [2.75, 3.05) is 19.8 Å². The number of aromatic nitrogens is 1. The van der Waals surface area contributed by atoms with Gasteiger partial charge < -0.3 is 19.5 Å². The summed E-state index contributed by atoms with van der Waals surface area (Å²) >= 11 is 0. The number of rotatable bonds is 12. The van der Waals surface area contributed by atoms with Gasteiger partial charge in [-0.3, -0.25) is 14.6 Å². The number of piperidine rings is 1. The fourth-order valence-electron chi connectivity index (χ4n) is 3.57. The maximum Gasteiger partial charge on any atom is 0.329 e. The summed E-state index contributed by atoms with van der Waals surface area (Å²) in [6.07, 6.45) is 6.00. The molecule has 1 unspecified atom stereocenters. The molecule has 0 saturated carbocycles. The van der Waals surface area contributed by atoms with Crippen LogP contribution in [0.1, 0.15) is 58.4 Å². The SMILES string of the molecule is CCC(C)(C)C(=O)C(=O)N1CCCCC1C(=O)O[C@H](CCc1cccnc1)COCC(=O)O. The normalized spacial score (nSPS) is 17.3. The topological polar surface area (TPSA) is 123 Å². The molecule has 0 bridgehead atoms. The minimum Gasteiger partial charge on any atom is -0.480 e. The van der Waals surface area contributed by atoms with Gasteiger partial charge in [-0.05, 0) is 50.2 Å². The van der Waals surface area contributed by atoms with Gasteiger partial charge in [-0.1, -0.05) is 26.8 Å². The molecule has 1 aromatic heterocycles. The Kier molecular flexibility index (Phi) is 9.96. The predicted octanol–water partition coefficient (Wildman–Crippen LogP) is 2.41. The van der Waals surface area contributed by atoms with E-state index >= 15 is 0 Å². The molecule has 2 atom stereocenters. The van der Waals surface area contributed by atoms with E-state index < -0.39 is 47.8 Å². The van der Waals surface area contributed by atoms with E-state index in [1.165, 1.54) is 4.90 Å². The molecule has 33 heavy (non-hydrogen) atoms. The number of aliphatic carboxylic acids is 1. The van der Waals surface area contributed by atoms with E-state index in [2.05, 4.69) is 4.98 Å². The summed E-state index contributed by atoms with van der Waals surface area (Å²) in [6, 6.07) is 2.85. The Morgan fingerprint density at radius 2 is 2.03 bits per heavy atom. The van der Waals surface area contributed by atoms with Crippen molar-refractivity contribution in [2.24, 2.45) is 5.41 Å². The number of carbonyl (C=O) groups is 4. The van der Waals surface area contributed by atoms with Crippen LogP contribution >= 0.6 is 0 Å². The maximum atomic E-state index is 13.1. The number of carboxylic acids is 1. The Morgan fingerprint density at radius 3 is 2.67 bits per heavy atom. The number of aryl methyl sites for hydroxylation is 1. The lowest BCUT2D eigenvalue weighted by Crippen LogP contribution is -2.53. The van der Waals surface area contributed by atoms with Crippen molar-refractivity contribution >= 4 is 23.6 Å². The Hall–Kier alpha value is -2.81. The van der Waals surface area contributed by atoms with Gasteiger partial charge in [0.05, 0.1) is 6.61 Å². The van der Waals surface area contributed by atoms with Gasteiger partial charge in [-0.15, -0.1) is 0 Å². The smallest absolute Gasteiger partial charge is 0.329 e.